The van der Waals surface area contributed by atoms with Gasteiger partial charge >= 0.3 is 0 Å². The number of rotatable bonds is 4. The monoisotopic (exact) mass is 287 g/mol. The van der Waals surface area contributed by atoms with Gasteiger partial charge in [-0.2, -0.15) is 0 Å². The van der Waals surface area contributed by atoms with Crippen molar-refractivity contribution in [1.82, 2.24) is 0 Å². The molecule has 0 bridgehead atoms. The van der Waals surface area contributed by atoms with Crippen molar-refractivity contribution in [3.8, 4) is 12.3 Å². The van der Waals surface area contributed by atoms with Crippen molar-refractivity contribution < 1.29 is 9.59 Å². The molecular weight excluding hydrogens is 266 g/mol. The highest BCUT2D eigenvalue weighted by Crippen LogP contribution is 2.20. The predicted octanol–water partition coefficient (Wildman–Crippen LogP) is 1.96. The summed E-state index contributed by atoms with van der Waals surface area (Å²) in [5, 5.41) is 5.46. The first-order chi connectivity index (χ1) is 9.74. The Labute approximate surface area is 125 Å². The first kappa shape index (κ1) is 16.7. The quantitative estimate of drug-likeness (QED) is 0.740. The highest BCUT2D eigenvalue weighted by molar-refractivity contribution is 5.97. The molecule has 5 nitrogen and oxygen atoms in total. The molecule has 112 valence electrons. The van der Waals surface area contributed by atoms with Gasteiger partial charge in [0.15, 0.2) is 0 Å². The number of carbonyl (C=O) groups excluding carboxylic acids is 2. The van der Waals surface area contributed by atoms with E-state index < -0.39 is 11.5 Å². The Balaban J connectivity index is 2.76. The van der Waals surface area contributed by atoms with Gasteiger partial charge in [0, 0.05) is 23.2 Å². The van der Waals surface area contributed by atoms with Crippen molar-refractivity contribution in [2.45, 2.75) is 33.2 Å². The minimum Gasteiger partial charge on any atom is -0.326 e. The smallest absolute Gasteiger partial charge is 0.242 e. The van der Waals surface area contributed by atoms with E-state index in [9.17, 15) is 9.59 Å². The second kappa shape index (κ2) is 6.91. The zero-order valence-corrected chi connectivity index (χ0v) is 12.6. The summed E-state index contributed by atoms with van der Waals surface area (Å²) >= 11 is 0. The van der Waals surface area contributed by atoms with Crippen molar-refractivity contribution in [1.29, 1.82) is 0 Å². The van der Waals surface area contributed by atoms with Crippen LogP contribution < -0.4 is 16.4 Å². The van der Waals surface area contributed by atoms with E-state index in [1.165, 1.54) is 0 Å². The maximum Gasteiger partial charge on any atom is 0.242 e. The van der Waals surface area contributed by atoms with E-state index in [-0.39, 0.29) is 18.2 Å². The highest BCUT2D eigenvalue weighted by atomic mass is 16.2. The fraction of sp³-hybridized carbons (Fsp3) is 0.375. The normalized spacial score (nSPS) is 12.1. The summed E-state index contributed by atoms with van der Waals surface area (Å²) in [4.78, 5) is 23.7. The van der Waals surface area contributed by atoms with Gasteiger partial charge in [0.05, 0.1) is 6.04 Å². The Bertz CT molecular complexity index is 568. The Hall–Kier alpha value is -2.32. The second-order valence-corrected chi connectivity index (χ2v) is 5.79. The number of terminal acetylenes is 1. The molecule has 1 aromatic rings. The Morgan fingerprint density at radius 2 is 1.86 bits per heavy atom. The van der Waals surface area contributed by atoms with E-state index in [0.29, 0.717) is 11.4 Å². The number of nitrogens with two attached hydrogens (primary N) is 1. The zero-order chi connectivity index (χ0) is 16.0. The van der Waals surface area contributed by atoms with E-state index in [2.05, 4.69) is 16.6 Å². The van der Waals surface area contributed by atoms with Gasteiger partial charge in [0.25, 0.3) is 0 Å². The van der Waals surface area contributed by atoms with Crippen LogP contribution in [0.15, 0.2) is 24.3 Å². The molecular formula is C16H21N3O2. The molecule has 5 heteroatoms. The van der Waals surface area contributed by atoms with Crippen LogP contribution in [0.2, 0.25) is 0 Å². The van der Waals surface area contributed by atoms with E-state index >= 15 is 0 Å². The lowest BCUT2D eigenvalue weighted by molar-refractivity contribution is -0.123. The molecule has 0 saturated carbocycles. The molecule has 1 rings (SSSR count). The fourth-order valence-electron chi connectivity index (χ4n) is 1.45. The molecule has 0 saturated heterocycles. The standard InChI is InChI=1S/C16H21N3O2/c1-5-7-13(17)14(20)18-11-8-6-9-12(10-11)19-15(21)16(2,3)4/h1,6,8-10,13H,7,17H2,2-4H3,(H,18,20)(H,19,21). The number of anilines is 2. The van der Waals surface area contributed by atoms with Gasteiger partial charge in [-0.1, -0.05) is 26.8 Å². The molecule has 2 amide bonds. The van der Waals surface area contributed by atoms with Gasteiger partial charge in [-0.05, 0) is 18.2 Å². The van der Waals surface area contributed by atoms with Crippen LogP contribution in [0.25, 0.3) is 0 Å². The number of carbonyl (C=O) groups is 2. The fourth-order valence-corrected chi connectivity index (χ4v) is 1.45. The molecule has 0 aliphatic rings. The molecule has 0 spiro atoms. The van der Waals surface area contributed by atoms with Crippen molar-refractivity contribution in [3.63, 3.8) is 0 Å². The van der Waals surface area contributed by atoms with Gasteiger partial charge in [-0.3, -0.25) is 9.59 Å². The summed E-state index contributed by atoms with van der Waals surface area (Å²) in [6.45, 7) is 5.48. The molecule has 0 heterocycles. The number of benzene rings is 1. The lowest BCUT2D eigenvalue weighted by Crippen LogP contribution is -2.35. The average Bonchev–Trinajstić information content (AvgIpc) is 2.38. The largest absolute Gasteiger partial charge is 0.326 e. The zero-order valence-electron chi connectivity index (χ0n) is 12.6. The Morgan fingerprint density at radius 3 is 2.38 bits per heavy atom. The minimum absolute atomic E-state index is 0.102. The van der Waals surface area contributed by atoms with Gasteiger partial charge in [-0.15, -0.1) is 12.3 Å². The lowest BCUT2D eigenvalue weighted by Gasteiger charge is -2.18. The second-order valence-electron chi connectivity index (χ2n) is 5.79. The first-order valence-electron chi connectivity index (χ1n) is 6.65. The molecule has 0 aliphatic heterocycles. The van der Waals surface area contributed by atoms with Gasteiger partial charge in [0.2, 0.25) is 11.8 Å². The number of amides is 2. The van der Waals surface area contributed by atoms with E-state index in [1.54, 1.807) is 24.3 Å². The SMILES string of the molecule is C#CCC(N)C(=O)Nc1cccc(NC(=O)C(C)(C)C)c1. The molecule has 1 unspecified atom stereocenters. The van der Waals surface area contributed by atoms with E-state index in [4.69, 9.17) is 12.2 Å². The van der Waals surface area contributed by atoms with E-state index in [1.807, 2.05) is 20.8 Å². The number of nitrogens with one attached hydrogen (secondary N) is 2. The third kappa shape index (κ3) is 5.28. The molecule has 0 fully saturated rings. The maximum atomic E-state index is 11.9. The third-order valence-corrected chi connectivity index (χ3v) is 2.74. The lowest BCUT2D eigenvalue weighted by atomic mass is 9.95. The Kier molecular flexibility index (Phi) is 5.51. The number of hydrogen-bond acceptors (Lipinski definition) is 3. The van der Waals surface area contributed by atoms with Crippen LogP contribution in [-0.2, 0) is 9.59 Å². The van der Waals surface area contributed by atoms with Gasteiger partial charge in [0.1, 0.15) is 0 Å². The topological polar surface area (TPSA) is 84.2 Å². The van der Waals surface area contributed by atoms with Gasteiger partial charge in [-0.25, -0.2) is 0 Å². The molecule has 4 N–H and O–H groups in total. The minimum atomic E-state index is -0.747. The van der Waals surface area contributed by atoms with Crippen LogP contribution in [-0.4, -0.2) is 17.9 Å². The number of hydrogen-bond donors (Lipinski definition) is 3. The molecule has 0 radical (unpaired) electrons. The van der Waals surface area contributed by atoms with Gasteiger partial charge < -0.3 is 16.4 Å². The predicted molar refractivity (Wildman–Crippen MR) is 84.6 cm³/mol. The molecule has 0 aliphatic carbocycles. The summed E-state index contributed by atoms with van der Waals surface area (Å²) in [5.74, 6) is 1.89. The van der Waals surface area contributed by atoms with Crippen molar-refractivity contribution in [2.24, 2.45) is 11.1 Å². The summed E-state index contributed by atoms with van der Waals surface area (Å²) in [5.41, 5.74) is 6.30. The molecule has 21 heavy (non-hydrogen) atoms. The molecule has 1 atom stereocenters. The van der Waals surface area contributed by atoms with Crippen LogP contribution in [0.4, 0.5) is 11.4 Å². The maximum absolute atomic E-state index is 11.9. The van der Waals surface area contributed by atoms with Crippen LogP contribution in [0.5, 0.6) is 0 Å². The molecule has 1 aromatic carbocycles. The Morgan fingerprint density at radius 1 is 1.29 bits per heavy atom. The van der Waals surface area contributed by atoms with Crippen molar-refractivity contribution in [3.05, 3.63) is 24.3 Å². The summed E-state index contributed by atoms with van der Waals surface area (Å²) in [6, 6.07) is 6.13. The highest BCUT2D eigenvalue weighted by Gasteiger charge is 2.21. The van der Waals surface area contributed by atoms with E-state index in [0.717, 1.165) is 0 Å². The summed E-state index contributed by atoms with van der Waals surface area (Å²) < 4.78 is 0. The van der Waals surface area contributed by atoms with Crippen molar-refractivity contribution in [2.75, 3.05) is 10.6 Å². The van der Waals surface area contributed by atoms with Crippen LogP contribution >= 0.6 is 0 Å². The first-order valence-corrected chi connectivity index (χ1v) is 6.65. The third-order valence-electron chi connectivity index (χ3n) is 2.74. The average molecular weight is 287 g/mol. The van der Waals surface area contributed by atoms with Crippen LogP contribution in [0.1, 0.15) is 27.2 Å². The van der Waals surface area contributed by atoms with Crippen LogP contribution in [0, 0.1) is 17.8 Å². The van der Waals surface area contributed by atoms with Crippen LogP contribution in [0.3, 0.4) is 0 Å². The van der Waals surface area contributed by atoms with Crippen molar-refractivity contribution >= 4 is 23.2 Å². The summed E-state index contributed by atoms with van der Waals surface area (Å²) in [6.07, 6.45) is 5.30. The molecule has 0 aromatic heterocycles. The summed E-state index contributed by atoms with van der Waals surface area (Å²) in [7, 11) is 0.